The molecule has 0 saturated heterocycles. The van der Waals surface area contributed by atoms with Crippen molar-refractivity contribution in [2.45, 2.75) is 12.3 Å². The van der Waals surface area contributed by atoms with Crippen LogP contribution in [0, 0.1) is 0 Å². The Morgan fingerprint density at radius 1 is 1.06 bits per heavy atom. The van der Waals surface area contributed by atoms with E-state index in [1.165, 1.54) is 16.7 Å². The van der Waals surface area contributed by atoms with Gasteiger partial charge in [0.1, 0.15) is 0 Å². The van der Waals surface area contributed by atoms with Crippen molar-refractivity contribution in [2.24, 2.45) is 4.99 Å². The summed E-state index contributed by atoms with van der Waals surface area (Å²) in [6, 6.07) is 4.29. The predicted octanol–water partition coefficient (Wildman–Crippen LogP) is 2.54. The first-order chi connectivity index (χ1) is 7.92. The highest BCUT2D eigenvalue weighted by Crippen LogP contribution is 2.43. The summed E-state index contributed by atoms with van der Waals surface area (Å²) in [5.74, 6) is 0.446. The van der Waals surface area contributed by atoms with Crippen LogP contribution in [0.3, 0.4) is 0 Å². The van der Waals surface area contributed by atoms with Gasteiger partial charge in [-0.25, -0.2) is 0 Å². The topological polar surface area (TPSA) is 38.1 Å². The molecule has 1 aliphatic carbocycles. The number of benzene rings is 1. The van der Waals surface area contributed by atoms with Gasteiger partial charge in [-0.05, 0) is 35.3 Å². The lowest BCUT2D eigenvalue weighted by Crippen LogP contribution is -1.95. The number of hydrogen-bond donors (Lipinski definition) is 0. The van der Waals surface area contributed by atoms with Gasteiger partial charge in [0.05, 0.1) is 11.0 Å². The summed E-state index contributed by atoms with van der Waals surface area (Å²) in [6.45, 7) is 0. The second-order valence-corrected chi connectivity index (χ2v) is 4.25. The molecule has 1 atom stereocenters. The third-order valence-electron chi connectivity index (χ3n) is 3.32. The standard InChI is InChI=1S/C13H9N3/c1-2-16-13-5-11-9-3-8(6-14-7-9)10(11)4-12(13)15-1/h1-2,4-8H,3H2. The molecule has 3 nitrogen and oxygen atoms in total. The zero-order chi connectivity index (χ0) is 10.5. The van der Waals surface area contributed by atoms with Crippen LogP contribution in [-0.2, 0) is 0 Å². The molecule has 76 valence electrons. The van der Waals surface area contributed by atoms with Gasteiger partial charge in [-0.15, -0.1) is 0 Å². The minimum Gasteiger partial charge on any atom is -0.268 e. The van der Waals surface area contributed by atoms with Crippen LogP contribution in [-0.4, -0.2) is 16.2 Å². The molecule has 2 aromatic rings. The molecule has 0 fully saturated rings. The van der Waals surface area contributed by atoms with Crippen LogP contribution in [0.5, 0.6) is 0 Å². The second-order valence-electron chi connectivity index (χ2n) is 4.25. The zero-order valence-corrected chi connectivity index (χ0v) is 8.59. The lowest BCUT2D eigenvalue weighted by Gasteiger charge is -2.05. The molecule has 0 amide bonds. The van der Waals surface area contributed by atoms with E-state index in [9.17, 15) is 0 Å². The van der Waals surface area contributed by atoms with Crippen LogP contribution < -0.4 is 0 Å². The number of hydrogen-bond acceptors (Lipinski definition) is 3. The molecule has 1 aliphatic heterocycles. The fraction of sp³-hybridized carbons (Fsp3) is 0.154. The Balaban J connectivity index is 2.10. The molecule has 0 saturated carbocycles. The lowest BCUT2D eigenvalue weighted by molar-refractivity contribution is 0.979. The normalized spacial score (nSPS) is 21.0. The fourth-order valence-corrected chi connectivity index (χ4v) is 2.56. The van der Waals surface area contributed by atoms with Gasteiger partial charge in [-0.1, -0.05) is 0 Å². The van der Waals surface area contributed by atoms with Crippen molar-refractivity contribution >= 4 is 22.8 Å². The van der Waals surface area contributed by atoms with E-state index in [0.29, 0.717) is 5.92 Å². The molecule has 1 aromatic heterocycles. The number of nitrogens with zero attached hydrogens (tertiary/aromatic N) is 3. The first kappa shape index (κ1) is 8.16. The van der Waals surface area contributed by atoms with Crippen molar-refractivity contribution in [3.63, 3.8) is 0 Å². The number of aromatic nitrogens is 2. The molecule has 0 spiro atoms. The molecule has 2 bridgehead atoms. The van der Waals surface area contributed by atoms with Gasteiger partial charge in [0.2, 0.25) is 0 Å². The van der Waals surface area contributed by atoms with Crippen LogP contribution in [0.25, 0.3) is 16.6 Å². The molecule has 1 unspecified atom stereocenters. The molecule has 1 aromatic carbocycles. The van der Waals surface area contributed by atoms with E-state index >= 15 is 0 Å². The van der Waals surface area contributed by atoms with Gasteiger partial charge < -0.3 is 0 Å². The quantitative estimate of drug-likeness (QED) is 0.665. The maximum Gasteiger partial charge on any atom is 0.0893 e. The number of allylic oxidation sites excluding steroid dienone is 1. The van der Waals surface area contributed by atoms with Crippen LogP contribution in [0.2, 0.25) is 0 Å². The van der Waals surface area contributed by atoms with Crippen molar-refractivity contribution in [3.8, 4) is 0 Å². The van der Waals surface area contributed by atoms with Gasteiger partial charge >= 0.3 is 0 Å². The smallest absolute Gasteiger partial charge is 0.0893 e. The molecular formula is C13H9N3. The number of fused-ring (bicyclic) bond motifs is 6. The Bertz CT molecular complexity index is 655. The lowest BCUT2D eigenvalue weighted by atomic mass is 10.0. The van der Waals surface area contributed by atoms with Crippen LogP contribution in [0.4, 0.5) is 0 Å². The maximum atomic E-state index is 4.35. The number of rotatable bonds is 0. The van der Waals surface area contributed by atoms with Gasteiger partial charge in [0.15, 0.2) is 0 Å². The molecule has 2 heterocycles. The first-order valence-electron chi connectivity index (χ1n) is 5.39. The van der Waals surface area contributed by atoms with Gasteiger partial charge in [0.25, 0.3) is 0 Å². The summed E-state index contributed by atoms with van der Waals surface area (Å²) in [5, 5.41) is 0. The summed E-state index contributed by atoms with van der Waals surface area (Å²) in [6.07, 6.45) is 8.54. The van der Waals surface area contributed by atoms with E-state index < -0.39 is 0 Å². The van der Waals surface area contributed by atoms with E-state index in [2.05, 4.69) is 27.1 Å². The predicted molar refractivity (Wildman–Crippen MR) is 63.4 cm³/mol. The van der Waals surface area contributed by atoms with Crippen molar-refractivity contribution in [3.05, 3.63) is 41.9 Å². The highest BCUT2D eigenvalue weighted by atomic mass is 14.8. The summed E-state index contributed by atoms with van der Waals surface area (Å²) in [4.78, 5) is 13.0. The average Bonchev–Trinajstić information content (AvgIpc) is 2.59. The van der Waals surface area contributed by atoms with Gasteiger partial charge in [-0.2, -0.15) is 0 Å². The molecule has 4 rings (SSSR count). The Hall–Kier alpha value is -2.03. The second kappa shape index (κ2) is 2.76. The van der Waals surface area contributed by atoms with Crippen molar-refractivity contribution in [1.29, 1.82) is 0 Å². The molecule has 0 radical (unpaired) electrons. The molecule has 3 heteroatoms. The van der Waals surface area contributed by atoms with E-state index in [1.54, 1.807) is 12.4 Å². The summed E-state index contributed by atoms with van der Waals surface area (Å²) >= 11 is 0. The minimum absolute atomic E-state index is 0.446. The van der Waals surface area contributed by atoms with E-state index in [0.717, 1.165) is 17.5 Å². The number of aliphatic imine (C=N–C) groups is 1. The third kappa shape index (κ3) is 0.949. The Morgan fingerprint density at radius 2 is 1.88 bits per heavy atom. The first-order valence-corrected chi connectivity index (χ1v) is 5.39. The monoisotopic (exact) mass is 207 g/mol. The summed E-state index contributed by atoms with van der Waals surface area (Å²) in [7, 11) is 0. The third-order valence-corrected chi connectivity index (χ3v) is 3.32. The maximum absolute atomic E-state index is 4.35. The zero-order valence-electron chi connectivity index (χ0n) is 8.59. The van der Waals surface area contributed by atoms with E-state index in [1.807, 2.05) is 12.4 Å². The fourth-order valence-electron chi connectivity index (χ4n) is 2.56. The van der Waals surface area contributed by atoms with E-state index in [4.69, 9.17) is 0 Å². The van der Waals surface area contributed by atoms with Crippen LogP contribution >= 0.6 is 0 Å². The van der Waals surface area contributed by atoms with Crippen LogP contribution in [0.1, 0.15) is 23.5 Å². The average molecular weight is 207 g/mol. The van der Waals surface area contributed by atoms with Crippen molar-refractivity contribution in [2.75, 3.05) is 0 Å². The highest BCUT2D eigenvalue weighted by Gasteiger charge is 2.27. The summed E-state index contributed by atoms with van der Waals surface area (Å²) in [5.41, 5.74) is 5.92. The van der Waals surface area contributed by atoms with Crippen LogP contribution in [0.15, 0.2) is 35.7 Å². The van der Waals surface area contributed by atoms with Crippen molar-refractivity contribution in [1.82, 2.24) is 9.97 Å². The summed E-state index contributed by atoms with van der Waals surface area (Å²) < 4.78 is 0. The van der Waals surface area contributed by atoms with Crippen molar-refractivity contribution < 1.29 is 0 Å². The molecule has 2 aliphatic rings. The van der Waals surface area contributed by atoms with E-state index in [-0.39, 0.29) is 0 Å². The molecule has 16 heavy (non-hydrogen) atoms. The molecular weight excluding hydrogens is 198 g/mol. The Morgan fingerprint density at radius 3 is 2.75 bits per heavy atom. The highest BCUT2D eigenvalue weighted by molar-refractivity contribution is 5.92. The largest absolute Gasteiger partial charge is 0.268 e. The minimum atomic E-state index is 0.446. The van der Waals surface area contributed by atoms with Gasteiger partial charge in [-0.3, -0.25) is 15.0 Å². The Labute approximate surface area is 92.6 Å². The SMILES string of the molecule is C1=NC=C2CC1c1cc3nccnc3cc12. The Kier molecular flexibility index (Phi) is 1.41. The van der Waals surface area contributed by atoms with Gasteiger partial charge in [0, 0.05) is 30.7 Å². The molecule has 0 N–H and O–H groups in total.